The van der Waals surface area contributed by atoms with Gasteiger partial charge in [0.15, 0.2) is 10.6 Å². The average molecular weight is 407 g/mol. The van der Waals surface area contributed by atoms with Gasteiger partial charge in [0.05, 0.1) is 22.7 Å². The molecule has 0 radical (unpaired) electrons. The zero-order valence-electron chi connectivity index (χ0n) is 15.5. The third kappa shape index (κ3) is 2.60. The predicted octanol–water partition coefficient (Wildman–Crippen LogP) is 4.15. The number of anilines is 1. The smallest absolute Gasteiger partial charge is 0.297 e. The minimum atomic E-state index is -0.727. The number of carbonyl (C=O) groups is 1. The van der Waals surface area contributed by atoms with E-state index in [0.29, 0.717) is 10.7 Å². The zero-order chi connectivity index (χ0) is 20.3. The van der Waals surface area contributed by atoms with Crippen LogP contribution in [0.3, 0.4) is 0 Å². The van der Waals surface area contributed by atoms with E-state index in [1.54, 1.807) is 24.5 Å². The number of pyridine rings is 1. The van der Waals surface area contributed by atoms with Gasteiger partial charge in [0.2, 0.25) is 5.76 Å². The second kappa shape index (κ2) is 6.31. The Morgan fingerprint density at radius 3 is 2.59 bits per heavy atom. The lowest BCUT2D eigenvalue weighted by Gasteiger charge is -2.22. The molecule has 29 heavy (non-hydrogen) atoms. The van der Waals surface area contributed by atoms with Gasteiger partial charge in [-0.15, -0.1) is 11.3 Å². The Kier molecular flexibility index (Phi) is 3.85. The fourth-order valence-electron chi connectivity index (χ4n) is 3.56. The normalized spacial score (nSPS) is 15.9. The fraction of sp³-hybridized carbons (Fsp3) is 0.143. The summed E-state index contributed by atoms with van der Waals surface area (Å²) in [5.74, 6) is -1.03. The summed E-state index contributed by atoms with van der Waals surface area (Å²) in [5, 5.41) is 0.580. The van der Waals surface area contributed by atoms with Gasteiger partial charge >= 0.3 is 0 Å². The molecule has 1 aromatic carbocycles. The lowest BCUT2D eigenvalue weighted by molar-refractivity contribution is 0.0971. The maximum atomic E-state index is 13.8. The maximum Gasteiger partial charge on any atom is 0.297 e. The molecule has 1 aliphatic rings. The van der Waals surface area contributed by atoms with Crippen molar-refractivity contribution in [3.05, 3.63) is 86.2 Å². The molecule has 5 rings (SSSR count). The summed E-state index contributed by atoms with van der Waals surface area (Å²) in [4.78, 5) is 37.6. The van der Waals surface area contributed by atoms with Gasteiger partial charge in [0, 0.05) is 17.3 Å². The predicted molar refractivity (Wildman–Crippen MR) is 107 cm³/mol. The number of thiazole rings is 1. The molecule has 1 aliphatic heterocycles. The van der Waals surface area contributed by atoms with Crippen molar-refractivity contribution in [3.63, 3.8) is 0 Å². The number of hydrogen-bond donors (Lipinski definition) is 0. The van der Waals surface area contributed by atoms with Crippen molar-refractivity contribution in [3.8, 4) is 0 Å². The molecule has 4 heterocycles. The summed E-state index contributed by atoms with van der Waals surface area (Å²) >= 11 is 1.37. The van der Waals surface area contributed by atoms with Crippen LogP contribution in [0.4, 0.5) is 9.52 Å². The lowest BCUT2D eigenvalue weighted by Crippen LogP contribution is -2.29. The minimum absolute atomic E-state index is 0.0403. The molecule has 0 aliphatic carbocycles. The van der Waals surface area contributed by atoms with Crippen molar-refractivity contribution < 1.29 is 13.6 Å². The molecule has 1 unspecified atom stereocenters. The molecule has 0 fully saturated rings. The Morgan fingerprint density at radius 2 is 1.90 bits per heavy atom. The summed E-state index contributed by atoms with van der Waals surface area (Å²) in [7, 11) is 0. The van der Waals surface area contributed by atoms with Crippen LogP contribution < -0.4 is 10.3 Å². The van der Waals surface area contributed by atoms with Gasteiger partial charge in [-0.2, -0.15) is 0 Å². The van der Waals surface area contributed by atoms with Crippen LogP contribution in [-0.4, -0.2) is 15.9 Å². The summed E-state index contributed by atoms with van der Waals surface area (Å²) in [6.07, 6.45) is 3.19. The third-order valence-electron chi connectivity index (χ3n) is 5.08. The van der Waals surface area contributed by atoms with Crippen LogP contribution in [0.2, 0.25) is 0 Å². The van der Waals surface area contributed by atoms with Gasteiger partial charge in [0.1, 0.15) is 11.4 Å². The molecule has 0 saturated carbocycles. The molecular formula is C21H14FN3O3S. The van der Waals surface area contributed by atoms with Crippen LogP contribution in [0.15, 0.2) is 51.9 Å². The van der Waals surface area contributed by atoms with Gasteiger partial charge in [-0.05, 0) is 49.7 Å². The Morgan fingerprint density at radius 1 is 1.14 bits per heavy atom. The van der Waals surface area contributed by atoms with E-state index in [9.17, 15) is 14.0 Å². The first-order valence-electron chi connectivity index (χ1n) is 8.89. The van der Waals surface area contributed by atoms with E-state index in [2.05, 4.69) is 9.97 Å². The fourth-order valence-corrected chi connectivity index (χ4v) is 4.50. The van der Waals surface area contributed by atoms with Gasteiger partial charge < -0.3 is 4.42 Å². The SMILES string of the molecule is Cc1nc(N2C(=O)c3oc4ccc(F)cc4c(=O)c3C2c2ccncc2)sc1C. The summed E-state index contributed by atoms with van der Waals surface area (Å²) < 4.78 is 19.6. The van der Waals surface area contributed by atoms with Crippen molar-refractivity contribution in [1.29, 1.82) is 0 Å². The third-order valence-corrected chi connectivity index (χ3v) is 6.15. The van der Waals surface area contributed by atoms with Crippen molar-refractivity contribution in [1.82, 2.24) is 9.97 Å². The largest absolute Gasteiger partial charge is 0.450 e. The van der Waals surface area contributed by atoms with Gasteiger partial charge in [-0.25, -0.2) is 9.37 Å². The molecule has 1 amide bonds. The average Bonchev–Trinajstić information content (AvgIpc) is 3.20. The second-order valence-corrected chi connectivity index (χ2v) is 7.99. The first-order valence-corrected chi connectivity index (χ1v) is 9.71. The number of nitrogens with zero attached hydrogens (tertiary/aromatic N) is 3. The molecular weight excluding hydrogens is 393 g/mol. The van der Waals surface area contributed by atoms with Gasteiger partial charge in [-0.3, -0.25) is 19.5 Å². The number of benzene rings is 1. The van der Waals surface area contributed by atoms with E-state index in [4.69, 9.17) is 4.42 Å². The Balaban J connectivity index is 1.83. The van der Waals surface area contributed by atoms with E-state index in [1.165, 1.54) is 28.4 Å². The highest BCUT2D eigenvalue weighted by Crippen LogP contribution is 2.42. The van der Waals surface area contributed by atoms with Crippen LogP contribution in [0.1, 0.15) is 38.3 Å². The van der Waals surface area contributed by atoms with Crippen molar-refractivity contribution in [2.45, 2.75) is 19.9 Å². The first-order chi connectivity index (χ1) is 14.0. The van der Waals surface area contributed by atoms with E-state index in [1.807, 2.05) is 13.8 Å². The number of rotatable bonds is 2. The molecule has 0 saturated heterocycles. The quantitative estimate of drug-likeness (QED) is 0.499. The highest BCUT2D eigenvalue weighted by Gasteiger charge is 2.45. The zero-order valence-corrected chi connectivity index (χ0v) is 16.3. The van der Waals surface area contributed by atoms with E-state index in [-0.39, 0.29) is 22.3 Å². The maximum absolute atomic E-state index is 13.8. The van der Waals surface area contributed by atoms with E-state index < -0.39 is 23.2 Å². The molecule has 3 aromatic heterocycles. The van der Waals surface area contributed by atoms with Crippen LogP contribution in [0.5, 0.6) is 0 Å². The molecule has 0 bridgehead atoms. The molecule has 0 spiro atoms. The Bertz CT molecular complexity index is 1330. The Hall–Kier alpha value is -3.39. The molecule has 144 valence electrons. The number of amides is 1. The highest BCUT2D eigenvalue weighted by molar-refractivity contribution is 7.15. The number of carbonyl (C=O) groups excluding carboxylic acids is 1. The number of fused-ring (bicyclic) bond motifs is 2. The van der Waals surface area contributed by atoms with E-state index >= 15 is 0 Å². The number of aromatic nitrogens is 2. The van der Waals surface area contributed by atoms with Crippen LogP contribution in [-0.2, 0) is 0 Å². The number of halogens is 1. The molecule has 6 nitrogen and oxygen atoms in total. The van der Waals surface area contributed by atoms with Crippen molar-refractivity contribution in [2.24, 2.45) is 0 Å². The summed E-state index contributed by atoms with van der Waals surface area (Å²) in [5.41, 5.74) is 1.44. The summed E-state index contributed by atoms with van der Waals surface area (Å²) in [6.45, 7) is 3.79. The minimum Gasteiger partial charge on any atom is -0.450 e. The number of aryl methyl sites for hydroxylation is 2. The topological polar surface area (TPSA) is 76.3 Å². The monoisotopic (exact) mass is 407 g/mol. The van der Waals surface area contributed by atoms with Crippen molar-refractivity contribution in [2.75, 3.05) is 4.90 Å². The van der Waals surface area contributed by atoms with E-state index in [0.717, 1.165) is 16.6 Å². The lowest BCUT2D eigenvalue weighted by atomic mass is 9.99. The molecule has 1 atom stereocenters. The Labute approximate surface area is 168 Å². The van der Waals surface area contributed by atoms with Gasteiger partial charge in [-0.1, -0.05) is 0 Å². The number of hydrogen-bond acceptors (Lipinski definition) is 6. The first kappa shape index (κ1) is 17.7. The molecule has 8 heteroatoms. The van der Waals surface area contributed by atoms with Crippen LogP contribution >= 0.6 is 11.3 Å². The van der Waals surface area contributed by atoms with Gasteiger partial charge in [0.25, 0.3) is 5.91 Å². The highest BCUT2D eigenvalue weighted by atomic mass is 32.1. The second-order valence-electron chi connectivity index (χ2n) is 6.81. The summed E-state index contributed by atoms with van der Waals surface area (Å²) in [6, 6.07) is 6.44. The standard InChI is InChI=1S/C21H14FN3O3S/c1-10-11(2)29-21(24-10)25-17(12-5-7-23-8-6-12)16-18(26)14-9-13(22)3-4-15(14)28-19(16)20(25)27/h3-9,17H,1-2H3. The molecule has 4 aromatic rings. The molecule has 0 N–H and O–H groups in total. The van der Waals surface area contributed by atoms with Crippen LogP contribution in [0.25, 0.3) is 11.0 Å². The van der Waals surface area contributed by atoms with Crippen molar-refractivity contribution >= 4 is 33.3 Å². The van der Waals surface area contributed by atoms with Crippen LogP contribution in [0, 0.1) is 19.7 Å².